The lowest BCUT2D eigenvalue weighted by Crippen LogP contribution is -2.60. The molecule has 1 saturated carbocycles. The molecule has 0 heterocycles. The standard InChI is InChI=1S/C10H12F7NO2/c11-8(12,9(13,14)10(15,16)17)7(20)18-5-1-3-6(19)4-2-5/h5-6,19H,1-4H2,(H,18,20). The van der Waals surface area contributed by atoms with Crippen LogP contribution in [-0.2, 0) is 4.79 Å². The summed E-state index contributed by atoms with van der Waals surface area (Å²) in [5, 5.41) is 10.6. The maximum absolute atomic E-state index is 13.0. The van der Waals surface area contributed by atoms with E-state index in [1.807, 2.05) is 0 Å². The maximum atomic E-state index is 13.0. The van der Waals surface area contributed by atoms with Crippen molar-refractivity contribution < 1.29 is 40.6 Å². The first kappa shape index (κ1) is 17.0. The molecule has 0 aromatic carbocycles. The number of carbonyl (C=O) groups is 1. The average molecular weight is 311 g/mol. The van der Waals surface area contributed by atoms with Crippen LogP contribution in [0.4, 0.5) is 30.7 Å². The molecule has 2 N–H and O–H groups in total. The highest BCUT2D eigenvalue weighted by atomic mass is 19.4. The maximum Gasteiger partial charge on any atom is 0.460 e. The predicted octanol–water partition coefficient (Wildman–Crippen LogP) is 2.24. The Morgan fingerprint density at radius 2 is 1.40 bits per heavy atom. The van der Waals surface area contributed by atoms with Crippen LogP contribution in [0.15, 0.2) is 0 Å². The number of carbonyl (C=O) groups excluding carboxylic acids is 1. The number of rotatable bonds is 3. The molecule has 3 nitrogen and oxygen atoms in total. The van der Waals surface area contributed by atoms with Crippen LogP contribution >= 0.6 is 0 Å². The van der Waals surface area contributed by atoms with Crippen molar-refractivity contribution >= 4 is 5.91 Å². The third-order valence-corrected chi connectivity index (χ3v) is 3.07. The molecule has 0 unspecified atom stereocenters. The summed E-state index contributed by atoms with van der Waals surface area (Å²) in [5.41, 5.74) is 0. The quantitative estimate of drug-likeness (QED) is 0.785. The highest BCUT2D eigenvalue weighted by molar-refractivity contribution is 5.85. The van der Waals surface area contributed by atoms with Crippen LogP contribution in [-0.4, -0.2) is 41.2 Å². The molecule has 0 atom stereocenters. The zero-order valence-electron chi connectivity index (χ0n) is 9.98. The first-order valence-corrected chi connectivity index (χ1v) is 5.71. The average Bonchev–Trinajstić information content (AvgIpc) is 2.30. The largest absolute Gasteiger partial charge is 0.460 e. The van der Waals surface area contributed by atoms with Gasteiger partial charge in [0.2, 0.25) is 0 Å². The third-order valence-electron chi connectivity index (χ3n) is 3.07. The van der Waals surface area contributed by atoms with Gasteiger partial charge in [0.1, 0.15) is 0 Å². The van der Waals surface area contributed by atoms with Crippen LogP contribution in [0.3, 0.4) is 0 Å². The van der Waals surface area contributed by atoms with Crippen molar-refractivity contribution in [2.24, 2.45) is 0 Å². The van der Waals surface area contributed by atoms with Gasteiger partial charge in [0.25, 0.3) is 5.91 Å². The van der Waals surface area contributed by atoms with Crippen LogP contribution in [0, 0.1) is 0 Å². The van der Waals surface area contributed by atoms with Crippen LogP contribution in [0.5, 0.6) is 0 Å². The molecule has 10 heteroatoms. The SMILES string of the molecule is O=C(NC1CCC(O)CC1)C(F)(F)C(F)(F)C(F)(F)F. The second-order valence-corrected chi connectivity index (χ2v) is 4.63. The van der Waals surface area contributed by atoms with Crippen LogP contribution in [0.25, 0.3) is 0 Å². The minimum atomic E-state index is -6.53. The zero-order chi connectivity index (χ0) is 15.8. The Labute approximate surface area is 109 Å². The number of alkyl halides is 7. The van der Waals surface area contributed by atoms with E-state index in [0.717, 1.165) is 0 Å². The fraction of sp³-hybridized carbons (Fsp3) is 0.900. The molecule has 1 rings (SSSR count). The first-order valence-electron chi connectivity index (χ1n) is 5.71. The monoisotopic (exact) mass is 311 g/mol. The molecule has 0 aromatic rings. The summed E-state index contributed by atoms with van der Waals surface area (Å²) in [7, 11) is 0. The van der Waals surface area contributed by atoms with E-state index >= 15 is 0 Å². The van der Waals surface area contributed by atoms with E-state index in [1.165, 1.54) is 5.32 Å². The molecule has 1 amide bonds. The Morgan fingerprint density at radius 3 is 1.80 bits per heavy atom. The number of aliphatic hydroxyl groups excluding tert-OH is 1. The van der Waals surface area contributed by atoms with Gasteiger partial charge in [-0.1, -0.05) is 0 Å². The summed E-state index contributed by atoms with van der Waals surface area (Å²) in [6, 6.07) is -0.958. The second-order valence-electron chi connectivity index (χ2n) is 4.63. The summed E-state index contributed by atoms with van der Waals surface area (Å²) in [6.45, 7) is 0. The summed E-state index contributed by atoms with van der Waals surface area (Å²) < 4.78 is 86.8. The summed E-state index contributed by atoms with van der Waals surface area (Å²) in [4.78, 5) is 11.0. The van der Waals surface area contributed by atoms with Gasteiger partial charge in [0.05, 0.1) is 6.10 Å². The predicted molar refractivity (Wildman–Crippen MR) is 52.4 cm³/mol. The van der Waals surface area contributed by atoms with Gasteiger partial charge in [-0.05, 0) is 25.7 Å². The number of hydrogen-bond donors (Lipinski definition) is 2. The van der Waals surface area contributed by atoms with Crippen molar-refractivity contribution in [1.29, 1.82) is 0 Å². The topological polar surface area (TPSA) is 49.3 Å². The molecule has 0 spiro atoms. The van der Waals surface area contributed by atoms with Crippen LogP contribution in [0.1, 0.15) is 25.7 Å². The molecule has 1 aliphatic carbocycles. The van der Waals surface area contributed by atoms with Gasteiger partial charge in [-0.15, -0.1) is 0 Å². The second kappa shape index (κ2) is 5.38. The number of aliphatic hydroxyl groups is 1. The Morgan fingerprint density at radius 1 is 0.950 bits per heavy atom. The molecule has 20 heavy (non-hydrogen) atoms. The summed E-state index contributed by atoms with van der Waals surface area (Å²) in [6.07, 6.45) is -6.88. The fourth-order valence-corrected chi connectivity index (χ4v) is 1.82. The van der Waals surface area contributed by atoms with Gasteiger partial charge in [0.15, 0.2) is 0 Å². The van der Waals surface area contributed by atoms with Gasteiger partial charge in [-0.2, -0.15) is 30.7 Å². The molecule has 0 aliphatic heterocycles. The van der Waals surface area contributed by atoms with Crippen molar-refractivity contribution in [2.75, 3.05) is 0 Å². The van der Waals surface area contributed by atoms with E-state index in [9.17, 15) is 35.5 Å². The molecule has 1 fully saturated rings. The molecular formula is C10H12F7NO2. The van der Waals surface area contributed by atoms with Crippen LogP contribution in [0.2, 0.25) is 0 Å². The van der Waals surface area contributed by atoms with Crippen molar-refractivity contribution in [2.45, 2.75) is 55.9 Å². The van der Waals surface area contributed by atoms with Crippen molar-refractivity contribution in [3.63, 3.8) is 0 Å². The number of amides is 1. The number of hydrogen-bond acceptors (Lipinski definition) is 2. The summed E-state index contributed by atoms with van der Waals surface area (Å²) >= 11 is 0. The Balaban J connectivity index is 2.75. The Hall–Kier alpha value is -1.06. The van der Waals surface area contributed by atoms with Gasteiger partial charge in [0, 0.05) is 6.04 Å². The Kier molecular flexibility index (Phi) is 4.57. The Bertz CT molecular complexity index is 361. The fourth-order valence-electron chi connectivity index (χ4n) is 1.82. The van der Waals surface area contributed by atoms with Crippen molar-refractivity contribution in [3.8, 4) is 0 Å². The molecule has 1 aliphatic rings. The van der Waals surface area contributed by atoms with E-state index in [-0.39, 0.29) is 25.7 Å². The van der Waals surface area contributed by atoms with E-state index in [1.54, 1.807) is 0 Å². The summed E-state index contributed by atoms with van der Waals surface area (Å²) in [5.74, 6) is -15.0. The molecule has 0 bridgehead atoms. The van der Waals surface area contributed by atoms with E-state index in [4.69, 9.17) is 5.11 Å². The van der Waals surface area contributed by atoms with Crippen molar-refractivity contribution in [1.82, 2.24) is 5.32 Å². The minimum absolute atomic E-state index is 0.0283. The van der Waals surface area contributed by atoms with Crippen molar-refractivity contribution in [3.05, 3.63) is 0 Å². The molecule has 0 saturated heterocycles. The van der Waals surface area contributed by atoms with Gasteiger partial charge in [-0.25, -0.2) is 0 Å². The van der Waals surface area contributed by atoms with Gasteiger partial charge in [-0.3, -0.25) is 4.79 Å². The van der Waals surface area contributed by atoms with Gasteiger partial charge >= 0.3 is 18.0 Å². The van der Waals surface area contributed by atoms with Gasteiger partial charge < -0.3 is 10.4 Å². The normalized spacial score (nSPS) is 25.4. The van der Waals surface area contributed by atoms with E-state index in [0.29, 0.717) is 0 Å². The molecule has 0 aromatic heterocycles. The number of nitrogens with one attached hydrogen (secondary N) is 1. The minimum Gasteiger partial charge on any atom is -0.393 e. The molecule has 118 valence electrons. The number of halogens is 7. The first-order chi connectivity index (χ1) is 8.89. The third kappa shape index (κ3) is 3.15. The highest BCUT2D eigenvalue weighted by Crippen LogP contribution is 2.46. The van der Waals surface area contributed by atoms with Crippen LogP contribution < -0.4 is 5.32 Å². The molecule has 0 radical (unpaired) electrons. The van der Waals surface area contributed by atoms with E-state index in [2.05, 4.69) is 0 Å². The molecular weight excluding hydrogens is 299 g/mol. The smallest absolute Gasteiger partial charge is 0.393 e. The lowest BCUT2D eigenvalue weighted by molar-refractivity contribution is -0.344. The zero-order valence-corrected chi connectivity index (χ0v) is 9.98. The van der Waals surface area contributed by atoms with E-state index < -0.39 is 36.1 Å². The highest BCUT2D eigenvalue weighted by Gasteiger charge is 2.76. The lowest BCUT2D eigenvalue weighted by Gasteiger charge is -2.31. The lowest BCUT2D eigenvalue weighted by atomic mass is 9.93.